The van der Waals surface area contributed by atoms with Gasteiger partial charge in [0, 0.05) is 17.2 Å². The van der Waals surface area contributed by atoms with E-state index in [9.17, 15) is 9.18 Å². The molecule has 4 heteroatoms. The van der Waals surface area contributed by atoms with Crippen LogP contribution in [0.15, 0.2) is 48.5 Å². The maximum atomic E-state index is 13.7. The van der Waals surface area contributed by atoms with Gasteiger partial charge in [-0.3, -0.25) is 4.79 Å². The second kappa shape index (κ2) is 7.79. The third-order valence-electron chi connectivity index (χ3n) is 4.77. The van der Waals surface area contributed by atoms with E-state index in [1.54, 1.807) is 12.1 Å². The average molecular weight is 341 g/mol. The van der Waals surface area contributed by atoms with Gasteiger partial charge in [0.05, 0.1) is 0 Å². The first kappa shape index (κ1) is 17.6. The number of carbonyl (C=O) groups excluding carboxylic acids is 1. The van der Waals surface area contributed by atoms with Gasteiger partial charge < -0.3 is 10.6 Å². The summed E-state index contributed by atoms with van der Waals surface area (Å²) in [4.78, 5) is 12.3. The van der Waals surface area contributed by atoms with Crippen LogP contribution in [-0.4, -0.2) is 18.0 Å². The number of rotatable bonds is 7. The fraction of sp³-hybridized carbons (Fsp3) is 0.381. The van der Waals surface area contributed by atoms with Gasteiger partial charge in [-0.1, -0.05) is 43.3 Å². The lowest BCUT2D eigenvalue weighted by Gasteiger charge is -2.21. The zero-order chi connectivity index (χ0) is 17.8. The van der Waals surface area contributed by atoms with Crippen molar-refractivity contribution < 1.29 is 14.5 Å². The average Bonchev–Trinajstić information content (AvgIpc) is 3.43. The molecule has 2 aromatic carbocycles. The van der Waals surface area contributed by atoms with E-state index in [0.717, 1.165) is 30.4 Å². The second-order valence-corrected chi connectivity index (χ2v) is 6.89. The largest absolute Gasteiger partial charge is 0.348 e. The standard InChI is InChI=1S/C21H25FN2O/c1-3-15-7-9-16(10-8-15)20(17-5-4-6-18(22)13-17)23-14(2)21(25)24-19-11-12-19/h4-10,13-14,19-20,23H,3,11-12H2,1-2H3,(H,24,25)/p+1/t14-,20+/m0/s1. The van der Waals surface area contributed by atoms with E-state index in [4.69, 9.17) is 0 Å². The predicted molar refractivity (Wildman–Crippen MR) is 96.6 cm³/mol. The van der Waals surface area contributed by atoms with Crippen molar-refractivity contribution in [3.63, 3.8) is 0 Å². The topological polar surface area (TPSA) is 45.7 Å². The Morgan fingerprint density at radius 1 is 1.20 bits per heavy atom. The third-order valence-corrected chi connectivity index (χ3v) is 4.77. The van der Waals surface area contributed by atoms with Crippen LogP contribution in [0, 0.1) is 5.82 Å². The van der Waals surface area contributed by atoms with Crippen molar-refractivity contribution in [2.24, 2.45) is 0 Å². The maximum absolute atomic E-state index is 13.7. The highest BCUT2D eigenvalue weighted by atomic mass is 19.1. The van der Waals surface area contributed by atoms with E-state index in [0.29, 0.717) is 6.04 Å². The number of benzene rings is 2. The summed E-state index contributed by atoms with van der Waals surface area (Å²) >= 11 is 0. The van der Waals surface area contributed by atoms with Crippen LogP contribution in [0.3, 0.4) is 0 Å². The van der Waals surface area contributed by atoms with Crippen molar-refractivity contribution in [3.8, 4) is 0 Å². The maximum Gasteiger partial charge on any atom is 0.278 e. The summed E-state index contributed by atoms with van der Waals surface area (Å²) in [5.41, 5.74) is 3.21. The van der Waals surface area contributed by atoms with Crippen LogP contribution in [0.4, 0.5) is 4.39 Å². The highest BCUT2D eigenvalue weighted by Gasteiger charge is 2.29. The number of hydrogen-bond acceptors (Lipinski definition) is 1. The van der Waals surface area contributed by atoms with Crippen molar-refractivity contribution in [3.05, 3.63) is 71.0 Å². The molecule has 2 atom stereocenters. The third kappa shape index (κ3) is 4.67. The predicted octanol–water partition coefficient (Wildman–Crippen LogP) is 2.71. The Balaban J connectivity index is 1.83. The SMILES string of the molecule is CCc1ccc([C@@H]([NH2+][C@@H](C)C(=O)NC2CC2)c2cccc(F)c2)cc1. The van der Waals surface area contributed by atoms with E-state index in [1.807, 2.05) is 18.3 Å². The Kier molecular flexibility index (Phi) is 5.49. The molecule has 1 aliphatic carbocycles. The minimum atomic E-state index is -0.254. The van der Waals surface area contributed by atoms with Crippen molar-refractivity contribution in [1.82, 2.24) is 5.32 Å². The van der Waals surface area contributed by atoms with Gasteiger partial charge in [-0.2, -0.15) is 0 Å². The summed E-state index contributed by atoms with van der Waals surface area (Å²) in [5, 5.41) is 5.07. The number of amides is 1. The number of quaternary nitrogens is 1. The summed E-state index contributed by atoms with van der Waals surface area (Å²) in [7, 11) is 0. The number of aryl methyl sites for hydroxylation is 1. The molecule has 0 unspecified atom stereocenters. The van der Waals surface area contributed by atoms with Gasteiger partial charge in [-0.05, 0) is 43.9 Å². The Morgan fingerprint density at radius 2 is 1.92 bits per heavy atom. The number of hydrogen-bond donors (Lipinski definition) is 2. The molecule has 1 amide bonds. The molecule has 3 N–H and O–H groups in total. The highest BCUT2D eigenvalue weighted by Crippen LogP contribution is 2.21. The van der Waals surface area contributed by atoms with Crippen LogP contribution < -0.4 is 10.6 Å². The lowest BCUT2D eigenvalue weighted by Crippen LogP contribution is -2.92. The molecular formula is C21H26FN2O+. The number of carbonyl (C=O) groups is 1. The van der Waals surface area contributed by atoms with Gasteiger partial charge in [0.15, 0.2) is 6.04 Å². The molecule has 132 valence electrons. The van der Waals surface area contributed by atoms with E-state index < -0.39 is 0 Å². The molecule has 0 radical (unpaired) electrons. The molecule has 3 rings (SSSR count). The summed E-state index contributed by atoms with van der Waals surface area (Å²) < 4.78 is 13.7. The van der Waals surface area contributed by atoms with Crippen LogP contribution >= 0.6 is 0 Å². The summed E-state index contributed by atoms with van der Waals surface area (Å²) in [6.07, 6.45) is 3.13. The fourth-order valence-corrected chi connectivity index (χ4v) is 3.01. The van der Waals surface area contributed by atoms with Crippen molar-refractivity contribution in [2.45, 2.75) is 51.2 Å². The van der Waals surface area contributed by atoms with Crippen LogP contribution in [0.5, 0.6) is 0 Å². The quantitative estimate of drug-likeness (QED) is 0.799. The van der Waals surface area contributed by atoms with Gasteiger partial charge in [0.2, 0.25) is 0 Å². The molecule has 1 saturated carbocycles. The molecule has 0 bridgehead atoms. The van der Waals surface area contributed by atoms with Gasteiger partial charge in [-0.25, -0.2) is 4.39 Å². The van der Waals surface area contributed by atoms with E-state index in [1.165, 1.54) is 11.6 Å². The highest BCUT2D eigenvalue weighted by molar-refractivity contribution is 5.80. The molecule has 0 aromatic heterocycles. The lowest BCUT2D eigenvalue weighted by atomic mass is 9.96. The molecule has 3 nitrogen and oxygen atoms in total. The Hall–Kier alpha value is -2.20. The zero-order valence-corrected chi connectivity index (χ0v) is 14.8. The van der Waals surface area contributed by atoms with Crippen LogP contribution in [0.2, 0.25) is 0 Å². The first-order valence-electron chi connectivity index (χ1n) is 9.06. The van der Waals surface area contributed by atoms with Crippen LogP contribution in [-0.2, 0) is 11.2 Å². The molecule has 1 aliphatic rings. The van der Waals surface area contributed by atoms with Crippen molar-refractivity contribution in [1.29, 1.82) is 0 Å². The molecule has 0 aliphatic heterocycles. The number of nitrogens with two attached hydrogens (primary N) is 1. The smallest absolute Gasteiger partial charge is 0.278 e. The minimum Gasteiger partial charge on any atom is -0.348 e. The lowest BCUT2D eigenvalue weighted by molar-refractivity contribution is -0.704. The number of halogens is 1. The molecule has 1 fully saturated rings. The Labute approximate surface area is 148 Å². The Morgan fingerprint density at radius 3 is 2.52 bits per heavy atom. The fourth-order valence-electron chi connectivity index (χ4n) is 3.01. The van der Waals surface area contributed by atoms with E-state index in [2.05, 4.69) is 36.5 Å². The first-order valence-corrected chi connectivity index (χ1v) is 9.06. The van der Waals surface area contributed by atoms with Gasteiger partial charge in [0.1, 0.15) is 11.9 Å². The number of nitrogens with one attached hydrogen (secondary N) is 1. The van der Waals surface area contributed by atoms with E-state index >= 15 is 0 Å². The Bertz CT molecular complexity index is 725. The molecule has 0 spiro atoms. The second-order valence-electron chi connectivity index (χ2n) is 6.89. The molecule has 2 aromatic rings. The summed E-state index contributed by atoms with van der Waals surface area (Å²) in [6.45, 7) is 4.03. The molecular weight excluding hydrogens is 315 g/mol. The summed E-state index contributed by atoms with van der Waals surface area (Å²) in [6, 6.07) is 15.0. The monoisotopic (exact) mass is 341 g/mol. The normalized spacial score (nSPS) is 16.3. The van der Waals surface area contributed by atoms with Gasteiger partial charge in [-0.15, -0.1) is 0 Å². The zero-order valence-electron chi connectivity index (χ0n) is 14.8. The first-order chi connectivity index (χ1) is 12.1. The van der Waals surface area contributed by atoms with Crippen molar-refractivity contribution in [2.75, 3.05) is 0 Å². The summed E-state index contributed by atoms with van der Waals surface area (Å²) in [5.74, 6) is -0.203. The molecule has 0 heterocycles. The van der Waals surface area contributed by atoms with Crippen LogP contribution in [0.1, 0.15) is 49.4 Å². The van der Waals surface area contributed by atoms with Crippen molar-refractivity contribution >= 4 is 5.91 Å². The minimum absolute atomic E-state index is 0.0501. The molecule has 25 heavy (non-hydrogen) atoms. The van der Waals surface area contributed by atoms with Gasteiger partial charge >= 0.3 is 0 Å². The van der Waals surface area contributed by atoms with Crippen LogP contribution in [0.25, 0.3) is 0 Å². The van der Waals surface area contributed by atoms with Gasteiger partial charge in [0.25, 0.3) is 5.91 Å². The molecule has 0 saturated heterocycles. The van der Waals surface area contributed by atoms with E-state index in [-0.39, 0.29) is 23.8 Å².